The summed E-state index contributed by atoms with van der Waals surface area (Å²) in [5.41, 5.74) is 2.54. The van der Waals surface area contributed by atoms with E-state index in [1.807, 2.05) is 44.2 Å². The number of carbonyl (C=O) groups is 1. The first-order chi connectivity index (χ1) is 8.76. The van der Waals surface area contributed by atoms with E-state index in [-0.39, 0.29) is 0 Å². The predicted octanol–water partition coefficient (Wildman–Crippen LogP) is 4.04. The molecule has 0 amide bonds. The van der Waals surface area contributed by atoms with Gasteiger partial charge in [0.15, 0.2) is 6.29 Å². The quantitative estimate of drug-likeness (QED) is 0.556. The Hall–Kier alpha value is -2.09. The SMILES string of the molecule is C=C/C(=C\C=C/C)c1ccc(C=O)c(OCC)c1. The molecule has 0 heterocycles. The highest BCUT2D eigenvalue weighted by Crippen LogP contribution is 2.24. The Morgan fingerprint density at radius 2 is 2.22 bits per heavy atom. The van der Waals surface area contributed by atoms with E-state index in [0.29, 0.717) is 17.9 Å². The second-order valence-corrected chi connectivity index (χ2v) is 3.66. The molecule has 2 nitrogen and oxygen atoms in total. The van der Waals surface area contributed by atoms with Crippen molar-refractivity contribution in [3.05, 3.63) is 60.2 Å². The largest absolute Gasteiger partial charge is 0.493 e. The van der Waals surface area contributed by atoms with Gasteiger partial charge in [0.05, 0.1) is 12.2 Å². The summed E-state index contributed by atoms with van der Waals surface area (Å²) in [4.78, 5) is 10.9. The normalized spacial score (nSPS) is 11.6. The van der Waals surface area contributed by atoms with E-state index in [2.05, 4.69) is 6.58 Å². The molecule has 18 heavy (non-hydrogen) atoms. The zero-order valence-corrected chi connectivity index (χ0v) is 10.8. The zero-order chi connectivity index (χ0) is 13.4. The molecular formula is C16H18O2. The van der Waals surface area contributed by atoms with E-state index in [9.17, 15) is 4.79 Å². The van der Waals surface area contributed by atoms with Gasteiger partial charge in [-0.25, -0.2) is 0 Å². The lowest BCUT2D eigenvalue weighted by atomic mass is 10.0. The number of rotatable bonds is 6. The third kappa shape index (κ3) is 3.45. The number of allylic oxidation sites excluding steroid dienone is 5. The maximum absolute atomic E-state index is 10.9. The molecule has 0 aromatic heterocycles. The molecule has 0 N–H and O–H groups in total. The van der Waals surface area contributed by atoms with Gasteiger partial charge in [-0.05, 0) is 37.1 Å². The number of hydrogen-bond donors (Lipinski definition) is 0. The lowest BCUT2D eigenvalue weighted by Crippen LogP contribution is -1.97. The predicted molar refractivity (Wildman–Crippen MR) is 76.0 cm³/mol. The molecule has 0 bridgehead atoms. The van der Waals surface area contributed by atoms with Crippen molar-refractivity contribution in [2.24, 2.45) is 0 Å². The van der Waals surface area contributed by atoms with Crippen LogP contribution in [0.5, 0.6) is 5.75 Å². The summed E-state index contributed by atoms with van der Waals surface area (Å²) < 4.78 is 5.46. The number of aldehydes is 1. The maximum atomic E-state index is 10.9. The van der Waals surface area contributed by atoms with Crippen molar-refractivity contribution in [2.45, 2.75) is 13.8 Å². The monoisotopic (exact) mass is 242 g/mol. The van der Waals surface area contributed by atoms with Gasteiger partial charge in [-0.15, -0.1) is 0 Å². The minimum Gasteiger partial charge on any atom is -0.493 e. The fraction of sp³-hybridized carbons (Fsp3) is 0.188. The van der Waals surface area contributed by atoms with Crippen LogP contribution in [0.2, 0.25) is 0 Å². The molecule has 0 unspecified atom stereocenters. The molecule has 1 rings (SSSR count). The first-order valence-electron chi connectivity index (χ1n) is 5.94. The Morgan fingerprint density at radius 1 is 1.44 bits per heavy atom. The summed E-state index contributed by atoms with van der Waals surface area (Å²) in [5.74, 6) is 0.609. The molecule has 1 aromatic carbocycles. The smallest absolute Gasteiger partial charge is 0.153 e. The van der Waals surface area contributed by atoms with Crippen LogP contribution in [0.4, 0.5) is 0 Å². The van der Waals surface area contributed by atoms with E-state index in [1.165, 1.54) is 0 Å². The van der Waals surface area contributed by atoms with Crippen molar-refractivity contribution in [3.63, 3.8) is 0 Å². The van der Waals surface area contributed by atoms with E-state index in [4.69, 9.17) is 4.74 Å². The standard InChI is InChI=1S/C16H18O2/c1-4-7-8-13(5-2)14-9-10-15(12-17)16(11-14)18-6-3/h4-5,7-12H,2,6H2,1,3H3/b7-4-,13-8+. The second-order valence-electron chi connectivity index (χ2n) is 3.66. The highest BCUT2D eigenvalue weighted by Gasteiger charge is 2.05. The molecule has 0 fully saturated rings. The molecule has 0 saturated carbocycles. The molecule has 0 spiro atoms. The molecule has 0 radical (unpaired) electrons. The van der Waals surface area contributed by atoms with Crippen molar-refractivity contribution >= 4 is 11.9 Å². The first-order valence-corrected chi connectivity index (χ1v) is 5.94. The van der Waals surface area contributed by atoms with Crippen molar-refractivity contribution in [1.82, 2.24) is 0 Å². The highest BCUT2D eigenvalue weighted by molar-refractivity contribution is 5.83. The van der Waals surface area contributed by atoms with Gasteiger partial charge in [0.25, 0.3) is 0 Å². The Kier molecular flexibility index (Phi) is 5.65. The lowest BCUT2D eigenvalue weighted by Gasteiger charge is -2.09. The Bertz CT molecular complexity index is 482. The van der Waals surface area contributed by atoms with Crippen molar-refractivity contribution in [1.29, 1.82) is 0 Å². The molecule has 1 aromatic rings. The van der Waals surface area contributed by atoms with Crippen LogP contribution in [0.1, 0.15) is 29.8 Å². The average molecular weight is 242 g/mol. The van der Waals surface area contributed by atoms with Gasteiger partial charge in [-0.3, -0.25) is 4.79 Å². The van der Waals surface area contributed by atoms with Gasteiger partial charge < -0.3 is 4.74 Å². The molecule has 0 saturated heterocycles. The van der Waals surface area contributed by atoms with Crippen LogP contribution in [0.15, 0.2) is 49.1 Å². The molecule has 2 heteroatoms. The third-order valence-corrected chi connectivity index (χ3v) is 2.46. The van der Waals surface area contributed by atoms with Crippen LogP contribution in [0, 0.1) is 0 Å². The van der Waals surface area contributed by atoms with E-state index < -0.39 is 0 Å². The summed E-state index contributed by atoms with van der Waals surface area (Å²) in [5, 5.41) is 0. The summed E-state index contributed by atoms with van der Waals surface area (Å²) in [6.07, 6.45) is 8.46. The average Bonchev–Trinajstić information content (AvgIpc) is 2.40. The van der Waals surface area contributed by atoms with Crippen molar-refractivity contribution in [3.8, 4) is 5.75 Å². The third-order valence-electron chi connectivity index (χ3n) is 2.46. The summed E-state index contributed by atoms with van der Waals surface area (Å²) in [7, 11) is 0. The fourth-order valence-corrected chi connectivity index (χ4v) is 1.57. The zero-order valence-electron chi connectivity index (χ0n) is 10.8. The maximum Gasteiger partial charge on any atom is 0.153 e. The Balaban J connectivity index is 3.20. The number of hydrogen-bond acceptors (Lipinski definition) is 2. The number of carbonyl (C=O) groups excluding carboxylic acids is 1. The van der Waals surface area contributed by atoms with Crippen LogP contribution in [0.25, 0.3) is 5.57 Å². The van der Waals surface area contributed by atoms with Crippen molar-refractivity contribution in [2.75, 3.05) is 6.61 Å². The van der Waals surface area contributed by atoms with E-state index >= 15 is 0 Å². The highest BCUT2D eigenvalue weighted by atomic mass is 16.5. The number of benzene rings is 1. The van der Waals surface area contributed by atoms with E-state index in [1.54, 1.807) is 12.1 Å². The van der Waals surface area contributed by atoms with Crippen molar-refractivity contribution < 1.29 is 9.53 Å². The van der Waals surface area contributed by atoms with Crippen LogP contribution in [0.3, 0.4) is 0 Å². The van der Waals surface area contributed by atoms with Crippen LogP contribution < -0.4 is 4.74 Å². The van der Waals surface area contributed by atoms with E-state index in [0.717, 1.165) is 17.4 Å². The molecule has 0 atom stereocenters. The lowest BCUT2D eigenvalue weighted by molar-refractivity contribution is 0.112. The fourth-order valence-electron chi connectivity index (χ4n) is 1.57. The molecule has 0 aliphatic heterocycles. The van der Waals surface area contributed by atoms with Gasteiger partial charge in [0.2, 0.25) is 0 Å². The summed E-state index contributed by atoms with van der Waals surface area (Å²) in [6, 6.07) is 5.52. The minimum atomic E-state index is 0.534. The molecule has 0 aliphatic rings. The Labute approximate surface area is 108 Å². The Morgan fingerprint density at radius 3 is 2.78 bits per heavy atom. The molecular weight excluding hydrogens is 224 g/mol. The van der Waals surface area contributed by atoms with Gasteiger partial charge in [0.1, 0.15) is 5.75 Å². The van der Waals surface area contributed by atoms with Gasteiger partial charge >= 0.3 is 0 Å². The van der Waals surface area contributed by atoms with Crippen LogP contribution in [-0.4, -0.2) is 12.9 Å². The van der Waals surface area contributed by atoms with Gasteiger partial charge in [-0.1, -0.05) is 36.9 Å². The van der Waals surface area contributed by atoms with Gasteiger partial charge in [0, 0.05) is 0 Å². The van der Waals surface area contributed by atoms with Crippen LogP contribution in [-0.2, 0) is 0 Å². The minimum absolute atomic E-state index is 0.534. The topological polar surface area (TPSA) is 26.3 Å². The summed E-state index contributed by atoms with van der Waals surface area (Å²) in [6.45, 7) is 8.18. The number of ether oxygens (including phenoxy) is 1. The molecule has 94 valence electrons. The van der Waals surface area contributed by atoms with Crippen LogP contribution >= 0.6 is 0 Å². The summed E-state index contributed by atoms with van der Waals surface area (Å²) >= 11 is 0. The molecule has 0 aliphatic carbocycles. The first kappa shape index (κ1) is 14.0. The van der Waals surface area contributed by atoms with Gasteiger partial charge in [-0.2, -0.15) is 0 Å². The second kappa shape index (κ2) is 7.28.